The highest BCUT2D eigenvalue weighted by Crippen LogP contribution is 2.26. The van der Waals surface area contributed by atoms with Crippen molar-refractivity contribution in [3.05, 3.63) is 45.1 Å². The lowest BCUT2D eigenvalue weighted by molar-refractivity contribution is -0.384. The van der Waals surface area contributed by atoms with Gasteiger partial charge in [0.1, 0.15) is 17.7 Å². The van der Waals surface area contributed by atoms with Gasteiger partial charge in [0.15, 0.2) is 0 Å². The lowest BCUT2D eigenvalue weighted by Gasteiger charge is -2.16. The molecule has 1 amide bonds. The second-order valence-corrected chi connectivity index (χ2v) is 6.14. The Balaban J connectivity index is 2.96. The van der Waals surface area contributed by atoms with E-state index in [4.69, 9.17) is 22.0 Å². The molecule has 0 heterocycles. The molecule has 26 heavy (non-hydrogen) atoms. The van der Waals surface area contributed by atoms with Crippen molar-refractivity contribution in [3.8, 4) is 6.07 Å². The van der Waals surface area contributed by atoms with Gasteiger partial charge in [-0.3, -0.25) is 14.9 Å². The molecule has 9 nitrogen and oxygen atoms in total. The number of non-ortho nitro benzene ring substituents is 1. The first-order valence-corrected chi connectivity index (χ1v) is 7.88. The quantitative estimate of drug-likeness (QED) is 0.272. The first-order chi connectivity index (χ1) is 12.1. The molecule has 0 radical (unpaired) electrons. The van der Waals surface area contributed by atoms with Crippen LogP contribution in [0.3, 0.4) is 0 Å². The highest BCUT2D eigenvalue weighted by atomic mass is 35.5. The molecule has 1 rings (SSSR count). The van der Waals surface area contributed by atoms with Gasteiger partial charge in [0.05, 0.1) is 15.6 Å². The molecule has 0 saturated heterocycles. The van der Waals surface area contributed by atoms with E-state index >= 15 is 0 Å². The predicted octanol–water partition coefficient (Wildman–Crippen LogP) is 2.68. The maximum Gasteiger partial charge on any atom is 0.326 e. The molecule has 1 aromatic carbocycles. The third-order valence-electron chi connectivity index (χ3n) is 3.21. The number of anilines is 1. The third-order valence-corrected chi connectivity index (χ3v) is 3.54. The van der Waals surface area contributed by atoms with Gasteiger partial charge in [-0.1, -0.05) is 25.4 Å². The van der Waals surface area contributed by atoms with Crippen LogP contribution in [-0.2, 0) is 9.59 Å². The number of carboxylic acid groups (broad SMARTS) is 1. The Kier molecular flexibility index (Phi) is 7.55. The molecular formula is C16H17ClN4O5. The van der Waals surface area contributed by atoms with E-state index in [-0.39, 0.29) is 28.7 Å². The van der Waals surface area contributed by atoms with E-state index < -0.39 is 28.4 Å². The van der Waals surface area contributed by atoms with E-state index in [1.54, 1.807) is 19.9 Å². The fourth-order valence-corrected chi connectivity index (χ4v) is 2.14. The monoisotopic (exact) mass is 380 g/mol. The summed E-state index contributed by atoms with van der Waals surface area (Å²) >= 11 is 5.91. The summed E-state index contributed by atoms with van der Waals surface area (Å²) in [4.78, 5) is 33.5. The number of nitrogens with one attached hydrogen (secondary N) is 2. The minimum atomic E-state index is -1.21. The average Bonchev–Trinajstić information content (AvgIpc) is 2.55. The molecule has 0 fully saturated rings. The first-order valence-electron chi connectivity index (χ1n) is 7.50. The van der Waals surface area contributed by atoms with Crippen molar-refractivity contribution in [2.75, 3.05) is 5.32 Å². The number of aliphatic carboxylic acids is 1. The Bertz CT molecular complexity index is 785. The molecule has 138 valence electrons. The number of hydrogen-bond acceptors (Lipinski definition) is 6. The van der Waals surface area contributed by atoms with Crippen LogP contribution in [0.25, 0.3) is 0 Å². The number of carboxylic acids is 1. The Morgan fingerprint density at radius 2 is 2.12 bits per heavy atom. The molecular weight excluding hydrogens is 364 g/mol. The number of carbonyl (C=O) groups is 2. The number of hydrogen-bond donors (Lipinski definition) is 3. The summed E-state index contributed by atoms with van der Waals surface area (Å²) in [5, 5.41) is 34.0. The van der Waals surface area contributed by atoms with Gasteiger partial charge < -0.3 is 15.7 Å². The summed E-state index contributed by atoms with van der Waals surface area (Å²) in [6, 6.07) is 4.15. The van der Waals surface area contributed by atoms with Gasteiger partial charge in [0, 0.05) is 18.3 Å². The number of nitriles is 1. The molecule has 0 bridgehead atoms. The van der Waals surface area contributed by atoms with Crippen molar-refractivity contribution < 1.29 is 19.6 Å². The highest BCUT2D eigenvalue weighted by Gasteiger charge is 2.23. The minimum absolute atomic E-state index is 0.0210. The van der Waals surface area contributed by atoms with Crippen LogP contribution in [0.5, 0.6) is 0 Å². The van der Waals surface area contributed by atoms with Crippen molar-refractivity contribution in [2.24, 2.45) is 5.92 Å². The zero-order chi connectivity index (χ0) is 19.9. The number of rotatable bonds is 8. The van der Waals surface area contributed by atoms with Crippen LogP contribution in [0.2, 0.25) is 5.02 Å². The Morgan fingerprint density at radius 3 is 2.62 bits per heavy atom. The van der Waals surface area contributed by atoms with E-state index in [1.807, 2.05) is 0 Å². The van der Waals surface area contributed by atoms with E-state index in [2.05, 4.69) is 10.6 Å². The van der Waals surface area contributed by atoms with Gasteiger partial charge >= 0.3 is 5.97 Å². The van der Waals surface area contributed by atoms with Crippen LogP contribution in [0, 0.1) is 27.4 Å². The summed E-state index contributed by atoms with van der Waals surface area (Å²) in [6.07, 6.45) is 1.21. The molecule has 0 aliphatic carbocycles. The van der Waals surface area contributed by atoms with Crippen LogP contribution < -0.4 is 10.6 Å². The lowest BCUT2D eigenvalue weighted by Crippen LogP contribution is -2.42. The topological polar surface area (TPSA) is 145 Å². The molecule has 10 heteroatoms. The number of nitrogens with zero attached hydrogens (tertiary/aromatic N) is 2. The van der Waals surface area contributed by atoms with Crippen molar-refractivity contribution in [1.29, 1.82) is 5.26 Å². The largest absolute Gasteiger partial charge is 0.480 e. The van der Waals surface area contributed by atoms with E-state index in [9.17, 15) is 19.7 Å². The molecule has 3 N–H and O–H groups in total. The zero-order valence-corrected chi connectivity index (χ0v) is 14.8. The predicted molar refractivity (Wildman–Crippen MR) is 94.4 cm³/mol. The minimum Gasteiger partial charge on any atom is -0.480 e. The summed E-state index contributed by atoms with van der Waals surface area (Å²) < 4.78 is 0. The smallest absolute Gasteiger partial charge is 0.326 e. The van der Waals surface area contributed by atoms with Gasteiger partial charge in [0.25, 0.3) is 11.6 Å². The standard InChI is InChI=1S/C16H17ClN4O5/c1-9(2)5-14(16(23)24)20-15(22)10(7-18)8-19-13-6-11(21(25)26)3-4-12(13)17/h3-4,6,8-9,14,19H,5H2,1-2H3,(H,20,22)(H,23,24)/b10-8-. The molecule has 0 spiro atoms. The second-order valence-electron chi connectivity index (χ2n) is 5.73. The van der Waals surface area contributed by atoms with Gasteiger partial charge in [-0.2, -0.15) is 5.26 Å². The second kappa shape index (κ2) is 9.39. The molecule has 0 saturated carbocycles. The van der Waals surface area contributed by atoms with Gasteiger partial charge in [-0.05, 0) is 18.4 Å². The van der Waals surface area contributed by atoms with E-state index in [0.29, 0.717) is 0 Å². The number of nitro groups is 1. The van der Waals surface area contributed by atoms with Crippen LogP contribution in [0.4, 0.5) is 11.4 Å². The molecule has 0 aliphatic rings. The number of carbonyl (C=O) groups excluding carboxylic acids is 1. The van der Waals surface area contributed by atoms with Crippen molar-refractivity contribution in [1.82, 2.24) is 5.32 Å². The summed E-state index contributed by atoms with van der Waals surface area (Å²) in [5.41, 5.74) is -0.503. The number of benzene rings is 1. The summed E-state index contributed by atoms with van der Waals surface area (Å²) in [6.45, 7) is 3.60. The Hall–Kier alpha value is -3.12. The Labute approximate surface area is 154 Å². The van der Waals surface area contributed by atoms with Crippen molar-refractivity contribution in [3.63, 3.8) is 0 Å². The van der Waals surface area contributed by atoms with E-state index in [0.717, 1.165) is 12.3 Å². The normalized spacial score (nSPS) is 12.2. The fraction of sp³-hybridized carbons (Fsp3) is 0.312. The highest BCUT2D eigenvalue weighted by molar-refractivity contribution is 6.33. The Morgan fingerprint density at radius 1 is 1.46 bits per heavy atom. The van der Waals surface area contributed by atoms with Crippen LogP contribution >= 0.6 is 11.6 Å². The zero-order valence-electron chi connectivity index (χ0n) is 14.0. The van der Waals surface area contributed by atoms with Gasteiger partial charge in [-0.25, -0.2) is 4.79 Å². The van der Waals surface area contributed by atoms with Crippen LogP contribution in [-0.4, -0.2) is 27.9 Å². The van der Waals surface area contributed by atoms with Crippen LogP contribution in [0.1, 0.15) is 20.3 Å². The molecule has 1 aromatic rings. The number of amides is 1. The van der Waals surface area contributed by atoms with Crippen LogP contribution in [0.15, 0.2) is 30.0 Å². The fourth-order valence-electron chi connectivity index (χ4n) is 1.96. The van der Waals surface area contributed by atoms with E-state index in [1.165, 1.54) is 12.1 Å². The molecule has 1 atom stereocenters. The van der Waals surface area contributed by atoms with Crippen molar-refractivity contribution >= 4 is 34.9 Å². The third kappa shape index (κ3) is 6.07. The average molecular weight is 381 g/mol. The van der Waals surface area contributed by atoms with Gasteiger partial charge in [-0.15, -0.1) is 0 Å². The lowest BCUT2D eigenvalue weighted by atomic mass is 10.0. The maximum atomic E-state index is 12.1. The first kappa shape index (κ1) is 20.9. The number of nitro benzene ring substituents is 1. The molecule has 0 aromatic heterocycles. The number of halogens is 1. The van der Waals surface area contributed by atoms with Gasteiger partial charge in [0.2, 0.25) is 0 Å². The summed E-state index contributed by atoms with van der Waals surface area (Å²) in [7, 11) is 0. The summed E-state index contributed by atoms with van der Waals surface area (Å²) in [5.74, 6) is -2.07. The molecule has 1 unspecified atom stereocenters. The molecule has 0 aliphatic heterocycles. The maximum absolute atomic E-state index is 12.1. The SMILES string of the molecule is CC(C)CC(NC(=O)/C(C#N)=C\Nc1cc([N+](=O)[O-])ccc1Cl)C(=O)O. The van der Waals surface area contributed by atoms with Crippen molar-refractivity contribution in [2.45, 2.75) is 26.3 Å².